The minimum absolute atomic E-state index is 0.692. The molecule has 0 saturated heterocycles. The Kier molecular flexibility index (Phi) is 11.8. The summed E-state index contributed by atoms with van der Waals surface area (Å²) >= 11 is 19.2. The molecule has 0 atom stereocenters. The van der Waals surface area contributed by atoms with Gasteiger partial charge in [-0.25, -0.2) is 0 Å². The van der Waals surface area contributed by atoms with Crippen molar-refractivity contribution in [3.05, 3.63) is 99.3 Å². The van der Waals surface area contributed by atoms with E-state index in [1.165, 1.54) is 47.7 Å². The van der Waals surface area contributed by atoms with Gasteiger partial charge in [-0.15, -0.1) is 0 Å². The summed E-state index contributed by atoms with van der Waals surface area (Å²) in [4.78, 5) is 0. The third kappa shape index (κ3) is 6.86. The first-order chi connectivity index (χ1) is 17.6. The van der Waals surface area contributed by atoms with Crippen molar-refractivity contribution in [1.29, 1.82) is 10.5 Å². The molecular weight excluding hydrogens is 1370 g/mol. The Morgan fingerprint density at radius 3 is 1.11 bits per heavy atom. The molecule has 0 spiro atoms. The maximum atomic E-state index is 9.32. The van der Waals surface area contributed by atoms with E-state index < -0.39 is 0 Å². The van der Waals surface area contributed by atoms with Crippen molar-refractivity contribution in [1.82, 2.24) is 0 Å². The van der Waals surface area contributed by atoms with Crippen LogP contribution in [0.1, 0.15) is 22.3 Å². The van der Waals surface area contributed by atoms with Crippen molar-refractivity contribution in [3.63, 3.8) is 0 Å². The van der Waals surface area contributed by atoms with Crippen molar-refractivity contribution < 1.29 is 0 Å². The number of hydrogen-bond donors (Lipinski definition) is 0. The van der Waals surface area contributed by atoms with E-state index in [2.05, 4.69) is 217 Å². The van der Waals surface area contributed by atoms with Crippen LogP contribution in [0, 0.1) is 51.2 Å². The molecule has 0 heterocycles. The van der Waals surface area contributed by atoms with Gasteiger partial charge in [0.05, 0.1) is 23.3 Å². The topological polar surface area (TPSA) is 47.6 Å². The van der Waals surface area contributed by atoms with E-state index in [0.717, 1.165) is 20.7 Å². The quantitative estimate of drug-likeness (QED) is 0.191. The van der Waals surface area contributed by atoms with Crippen LogP contribution in [0.4, 0.5) is 0 Å². The Labute approximate surface area is 325 Å². The monoisotopic (exact) mass is 1380 g/mol. The predicted octanol–water partition coefficient (Wildman–Crippen LogP) is 11.2. The van der Waals surface area contributed by atoms with E-state index in [-0.39, 0.29) is 0 Å². The summed E-state index contributed by atoms with van der Waals surface area (Å²) in [5, 5.41) is 18.6. The summed E-state index contributed by atoms with van der Waals surface area (Å²) in [7, 11) is 0. The number of halogens is 8. The Hall–Kier alpha value is 1.70. The summed E-state index contributed by atoms with van der Waals surface area (Å²) in [6, 6.07) is 21.3. The maximum Gasteiger partial charge on any atom is 0.0992 e. The lowest BCUT2D eigenvalue weighted by molar-refractivity contribution is 1.15. The smallest absolute Gasteiger partial charge is 0.0992 e. The summed E-state index contributed by atoms with van der Waals surface area (Å²) in [6.07, 6.45) is 0.853. The molecule has 0 fully saturated rings. The third-order valence-corrected chi connectivity index (χ3v) is 15.8. The molecule has 184 valence electrons. The summed E-state index contributed by atoms with van der Waals surface area (Å²) in [5.41, 5.74) is 8.78. The molecule has 10 heteroatoms. The zero-order chi connectivity index (χ0) is 27.0. The van der Waals surface area contributed by atoms with Gasteiger partial charge in [0.25, 0.3) is 0 Å². The lowest BCUT2D eigenvalue weighted by atomic mass is 9.98. The van der Waals surface area contributed by atoms with Gasteiger partial charge in [-0.05, 0) is 234 Å². The van der Waals surface area contributed by atoms with Gasteiger partial charge in [0, 0.05) is 39.7 Å². The maximum absolute atomic E-state index is 9.32. The van der Waals surface area contributed by atoms with Gasteiger partial charge in [0.2, 0.25) is 0 Å². The highest BCUT2D eigenvalue weighted by Gasteiger charge is 2.19. The van der Waals surface area contributed by atoms with Crippen LogP contribution in [0.2, 0.25) is 0 Å². The molecule has 0 N–H and O–H groups in total. The van der Waals surface area contributed by atoms with Crippen LogP contribution in [0.5, 0.6) is 0 Å². The largest absolute Gasteiger partial charge is 0.192 e. The number of benzene rings is 4. The fourth-order valence-electron chi connectivity index (χ4n) is 3.83. The van der Waals surface area contributed by atoms with Crippen molar-refractivity contribution in [2.24, 2.45) is 0 Å². The average molecular weight is 1380 g/mol. The molecule has 37 heavy (non-hydrogen) atoms. The van der Waals surface area contributed by atoms with Crippen LogP contribution >= 0.6 is 181 Å². The van der Waals surface area contributed by atoms with Crippen molar-refractivity contribution in [2.75, 3.05) is 0 Å². The SMILES string of the molecule is N#Cc1cc(I)c(-c2ccc(Cc3ccc(-c4c(I)cc(C#N)cc4I)c(I)c3I)c(I)c2I)c(I)c1. The first-order valence-electron chi connectivity index (χ1n) is 10.3. The van der Waals surface area contributed by atoms with Crippen LogP contribution in [-0.4, -0.2) is 0 Å². The van der Waals surface area contributed by atoms with E-state index in [0.29, 0.717) is 11.1 Å². The van der Waals surface area contributed by atoms with Crippen LogP contribution < -0.4 is 0 Å². The fourth-order valence-corrected chi connectivity index (χ4v) is 11.4. The van der Waals surface area contributed by atoms with Crippen LogP contribution in [-0.2, 0) is 6.42 Å². The molecule has 4 rings (SSSR count). The Bertz CT molecular complexity index is 1500. The molecule has 0 radical (unpaired) electrons. The van der Waals surface area contributed by atoms with Crippen LogP contribution in [0.25, 0.3) is 22.3 Å². The second-order valence-corrected chi connectivity index (χ2v) is 16.8. The predicted molar refractivity (Wildman–Crippen MR) is 218 cm³/mol. The van der Waals surface area contributed by atoms with Gasteiger partial charge >= 0.3 is 0 Å². The molecule has 0 aliphatic heterocycles. The van der Waals surface area contributed by atoms with Gasteiger partial charge in [0.1, 0.15) is 0 Å². The zero-order valence-corrected chi connectivity index (χ0v) is 35.5. The van der Waals surface area contributed by atoms with E-state index in [1.54, 1.807) is 0 Å². The van der Waals surface area contributed by atoms with Gasteiger partial charge < -0.3 is 0 Å². The molecule has 0 unspecified atom stereocenters. The summed E-state index contributed by atoms with van der Waals surface area (Å²) in [5.74, 6) is 0. The molecule has 0 bridgehead atoms. The number of nitriles is 2. The molecule has 0 aliphatic rings. The fraction of sp³-hybridized carbons (Fsp3) is 0.0370. The highest BCUT2D eigenvalue weighted by molar-refractivity contribution is 14.1. The second kappa shape index (κ2) is 13.8. The van der Waals surface area contributed by atoms with Crippen molar-refractivity contribution in [3.8, 4) is 34.4 Å². The Balaban J connectivity index is 1.73. The Morgan fingerprint density at radius 2 is 0.811 bits per heavy atom. The molecule has 0 saturated carbocycles. The Morgan fingerprint density at radius 1 is 0.486 bits per heavy atom. The molecule has 0 aliphatic carbocycles. The highest BCUT2D eigenvalue weighted by atomic mass is 127. The van der Waals surface area contributed by atoms with E-state index in [9.17, 15) is 10.5 Å². The molecular formula is C27H10I8N2. The van der Waals surface area contributed by atoms with Gasteiger partial charge in [-0.1, -0.05) is 24.3 Å². The second-order valence-electron chi connectivity index (χ2n) is 7.83. The van der Waals surface area contributed by atoms with Crippen molar-refractivity contribution >= 4 is 181 Å². The van der Waals surface area contributed by atoms with E-state index in [4.69, 9.17) is 0 Å². The molecule has 4 aromatic rings. The van der Waals surface area contributed by atoms with Crippen molar-refractivity contribution in [2.45, 2.75) is 6.42 Å². The summed E-state index contributed by atoms with van der Waals surface area (Å²) < 4.78 is 9.36. The molecule has 4 aromatic carbocycles. The van der Waals surface area contributed by atoms with Gasteiger partial charge in [-0.3, -0.25) is 0 Å². The minimum atomic E-state index is 0.692. The van der Waals surface area contributed by atoms with Gasteiger partial charge in [0.15, 0.2) is 0 Å². The van der Waals surface area contributed by atoms with Gasteiger partial charge in [-0.2, -0.15) is 10.5 Å². The number of nitrogens with zero attached hydrogens (tertiary/aromatic N) is 2. The number of rotatable bonds is 4. The zero-order valence-electron chi connectivity index (χ0n) is 18.2. The lowest BCUT2D eigenvalue weighted by Gasteiger charge is -2.17. The lowest BCUT2D eigenvalue weighted by Crippen LogP contribution is -2.02. The highest BCUT2D eigenvalue weighted by Crippen LogP contribution is 2.40. The third-order valence-electron chi connectivity index (χ3n) is 5.59. The first-order valence-corrected chi connectivity index (χ1v) is 18.9. The number of hydrogen-bond acceptors (Lipinski definition) is 2. The average Bonchev–Trinajstić information content (AvgIpc) is 2.86. The summed E-state index contributed by atoms with van der Waals surface area (Å²) in [6.45, 7) is 0. The molecule has 0 aromatic heterocycles. The standard InChI is InChI=1S/C27H10I8N2/c28-18-5-12(10-36)6-19(29)22(18)16-3-1-14(24(32)26(16)34)9-15-2-4-17(27(35)25(15)33)23-20(30)7-13(11-37)8-21(23)31/h1-8H,9H2. The van der Waals surface area contributed by atoms with E-state index in [1.807, 2.05) is 24.3 Å². The molecule has 2 nitrogen and oxygen atoms in total. The normalized spacial score (nSPS) is 10.8. The molecule has 0 amide bonds. The van der Waals surface area contributed by atoms with Crippen LogP contribution in [0.15, 0.2) is 48.5 Å². The first kappa shape index (κ1) is 31.6. The van der Waals surface area contributed by atoms with E-state index >= 15 is 0 Å². The van der Waals surface area contributed by atoms with Crippen LogP contribution in [0.3, 0.4) is 0 Å². The minimum Gasteiger partial charge on any atom is -0.192 e.